The fourth-order valence-corrected chi connectivity index (χ4v) is 3.15. The van der Waals surface area contributed by atoms with Crippen molar-refractivity contribution >= 4 is 15.7 Å². The zero-order valence-electron chi connectivity index (χ0n) is 15.1. The maximum absolute atomic E-state index is 11.6. The largest absolute Gasteiger partial charge is 0.445 e. The van der Waals surface area contributed by atoms with Crippen LogP contribution in [0.5, 0.6) is 0 Å². The molecule has 1 aromatic heterocycles. The smallest absolute Gasteiger partial charge is 0.225 e. The summed E-state index contributed by atoms with van der Waals surface area (Å²) in [6.07, 6.45) is 6.01. The number of rotatable bonds is 10. The summed E-state index contributed by atoms with van der Waals surface area (Å²) in [5, 5.41) is 3.04. The van der Waals surface area contributed by atoms with Gasteiger partial charge in [0.2, 0.25) is 15.9 Å². The molecule has 0 amide bonds. The number of nitrogens with one attached hydrogen (secondary N) is 2. The number of hydrogen-bond acceptors (Lipinski definition) is 5. The number of aromatic nitrogens is 1. The summed E-state index contributed by atoms with van der Waals surface area (Å²) in [6, 6.07) is 6.07. The first kappa shape index (κ1) is 19.5. The SMILES string of the molecule is Cc1cc(-c2ncco2)ccc1NCCCCCNS(=O)(=O)C(C)C. The summed E-state index contributed by atoms with van der Waals surface area (Å²) in [5.74, 6) is 0.624. The molecule has 0 aliphatic heterocycles. The molecule has 6 nitrogen and oxygen atoms in total. The van der Waals surface area contributed by atoms with Gasteiger partial charge in [0.05, 0.1) is 11.4 Å². The Morgan fingerprint density at radius 3 is 2.56 bits per heavy atom. The van der Waals surface area contributed by atoms with E-state index in [-0.39, 0.29) is 5.25 Å². The highest BCUT2D eigenvalue weighted by atomic mass is 32.2. The molecule has 0 atom stereocenters. The van der Waals surface area contributed by atoms with Gasteiger partial charge in [0.15, 0.2) is 0 Å². The number of oxazole rings is 1. The van der Waals surface area contributed by atoms with Gasteiger partial charge in [-0.25, -0.2) is 18.1 Å². The second-order valence-electron chi connectivity index (χ2n) is 6.34. The second kappa shape index (κ2) is 9.01. The average molecular weight is 365 g/mol. The maximum Gasteiger partial charge on any atom is 0.225 e. The van der Waals surface area contributed by atoms with Gasteiger partial charge in [0.25, 0.3) is 0 Å². The average Bonchev–Trinajstić information content (AvgIpc) is 3.09. The predicted molar refractivity (Wildman–Crippen MR) is 101 cm³/mol. The van der Waals surface area contributed by atoms with Gasteiger partial charge >= 0.3 is 0 Å². The lowest BCUT2D eigenvalue weighted by Gasteiger charge is -2.11. The summed E-state index contributed by atoms with van der Waals surface area (Å²) in [4.78, 5) is 4.15. The lowest BCUT2D eigenvalue weighted by molar-refractivity contribution is 0.566. The van der Waals surface area contributed by atoms with Gasteiger partial charge in [-0.3, -0.25) is 0 Å². The molecule has 0 fully saturated rings. The molecule has 0 saturated heterocycles. The number of benzene rings is 1. The molecule has 0 bridgehead atoms. The molecule has 2 rings (SSSR count). The van der Waals surface area contributed by atoms with Crippen molar-refractivity contribution in [1.82, 2.24) is 9.71 Å². The topological polar surface area (TPSA) is 84.2 Å². The van der Waals surface area contributed by atoms with E-state index < -0.39 is 10.0 Å². The van der Waals surface area contributed by atoms with E-state index in [1.165, 1.54) is 0 Å². The standard InChI is InChI=1S/C18H27N3O3S/c1-14(2)25(22,23)21-10-6-4-5-9-19-17-8-7-16(13-15(17)3)18-20-11-12-24-18/h7-8,11-14,19,21H,4-6,9-10H2,1-3H3. The van der Waals surface area contributed by atoms with E-state index in [0.29, 0.717) is 12.4 Å². The van der Waals surface area contributed by atoms with Crippen LogP contribution >= 0.6 is 0 Å². The third-order valence-electron chi connectivity index (χ3n) is 4.00. The van der Waals surface area contributed by atoms with Crippen molar-refractivity contribution in [3.8, 4) is 11.5 Å². The van der Waals surface area contributed by atoms with Crippen molar-refractivity contribution in [3.05, 3.63) is 36.2 Å². The van der Waals surface area contributed by atoms with Crippen LogP contribution in [0, 0.1) is 6.92 Å². The fraction of sp³-hybridized carbons (Fsp3) is 0.500. The van der Waals surface area contributed by atoms with E-state index in [4.69, 9.17) is 4.42 Å². The molecule has 0 aliphatic rings. The minimum atomic E-state index is -3.14. The molecule has 1 aromatic carbocycles. The van der Waals surface area contributed by atoms with Crippen LogP contribution in [-0.4, -0.2) is 31.7 Å². The van der Waals surface area contributed by atoms with Gasteiger partial charge in [-0.2, -0.15) is 0 Å². The van der Waals surface area contributed by atoms with Crippen molar-refractivity contribution in [2.75, 3.05) is 18.4 Å². The lowest BCUT2D eigenvalue weighted by Crippen LogP contribution is -2.31. The van der Waals surface area contributed by atoms with E-state index in [1.54, 1.807) is 26.3 Å². The molecule has 0 aliphatic carbocycles. The normalized spacial score (nSPS) is 11.8. The summed E-state index contributed by atoms with van der Waals surface area (Å²) < 4.78 is 31.2. The van der Waals surface area contributed by atoms with Gasteiger partial charge in [-0.05, 0) is 57.4 Å². The Bertz CT molecular complexity index is 756. The molecule has 2 N–H and O–H groups in total. The highest BCUT2D eigenvalue weighted by Crippen LogP contribution is 2.23. The van der Waals surface area contributed by atoms with Crippen LogP contribution in [0.2, 0.25) is 0 Å². The van der Waals surface area contributed by atoms with Crippen molar-refractivity contribution < 1.29 is 12.8 Å². The Balaban J connectivity index is 1.69. The van der Waals surface area contributed by atoms with Crippen LogP contribution in [0.25, 0.3) is 11.5 Å². The van der Waals surface area contributed by atoms with E-state index in [2.05, 4.69) is 28.0 Å². The third kappa shape index (κ3) is 5.86. The summed E-state index contributed by atoms with van der Waals surface area (Å²) in [5.41, 5.74) is 3.20. The molecule has 1 heterocycles. The first-order valence-electron chi connectivity index (χ1n) is 8.63. The van der Waals surface area contributed by atoms with Gasteiger partial charge in [-0.15, -0.1) is 0 Å². The highest BCUT2D eigenvalue weighted by molar-refractivity contribution is 7.90. The van der Waals surface area contributed by atoms with Crippen LogP contribution in [0.3, 0.4) is 0 Å². The Kier molecular flexibility index (Phi) is 7.01. The summed E-state index contributed by atoms with van der Waals surface area (Å²) >= 11 is 0. The zero-order valence-corrected chi connectivity index (χ0v) is 15.9. The van der Waals surface area contributed by atoms with Gasteiger partial charge in [0, 0.05) is 24.3 Å². The number of hydrogen-bond donors (Lipinski definition) is 2. The maximum atomic E-state index is 11.6. The Labute approximate surface area is 150 Å². The first-order valence-corrected chi connectivity index (χ1v) is 10.2. The summed E-state index contributed by atoms with van der Waals surface area (Å²) in [7, 11) is -3.14. The third-order valence-corrected chi connectivity index (χ3v) is 5.85. The van der Waals surface area contributed by atoms with Crippen molar-refractivity contribution in [2.24, 2.45) is 0 Å². The van der Waals surface area contributed by atoms with Crippen molar-refractivity contribution in [2.45, 2.75) is 45.3 Å². The Morgan fingerprint density at radius 1 is 1.16 bits per heavy atom. The minimum Gasteiger partial charge on any atom is -0.445 e. The van der Waals surface area contributed by atoms with E-state index >= 15 is 0 Å². The number of unbranched alkanes of at least 4 members (excludes halogenated alkanes) is 2. The lowest BCUT2D eigenvalue weighted by atomic mass is 10.1. The van der Waals surface area contributed by atoms with Crippen LogP contribution in [0.4, 0.5) is 5.69 Å². The van der Waals surface area contributed by atoms with Crippen LogP contribution in [0.1, 0.15) is 38.7 Å². The quantitative estimate of drug-likeness (QED) is 0.629. The molecular weight excluding hydrogens is 338 g/mol. The molecule has 0 spiro atoms. The minimum absolute atomic E-state index is 0.378. The molecule has 25 heavy (non-hydrogen) atoms. The van der Waals surface area contributed by atoms with Crippen LogP contribution < -0.4 is 10.0 Å². The number of nitrogens with zero attached hydrogens (tertiary/aromatic N) is 1. The van der Waals surface area contributed by atoms with Gasteiger partial charge in [0.1, 0.15) is 6.26 Å². The van der Waals surface area contributed by atoms with E-state index in [0.717, 1.165) is 42.6 Å². The zero-order chi connectivity index (χ0) is 18.3. The second-order valence-corrected chi connectivity index (χ2v) is 8.66. The molecule has 7 heteroatoms. The van der Waals surface area contributed by atoms with Crippen molar-refractivity contribution in [3.63, 3.8) is 0 Å². The van der Waals surface area contributed by atoms with E-state index in [1.807, 2.05) is 12.1 Å². The number of anilines is 1. The summed E-state index contributed by atoms with van der Waals surface area (Å²) in [6.45, 7) is 6.78. The molecular formula is C18H27N3O3S. The Hall–Kier alpha value is -1.86. The molecule has 138 valence electrons. The van der Waals surface area contributed by atoms with E-state index in [9.17, 15) is 8.42 Å². The molecule has 0 unspecified atom stereocenters. The highest BCUT2D eigenvalue weighted by Gasteiger charge is 2.13. The molecule has 0 saturated carbocycles. The Morgan fingerprint density at radius 2 is 1.92 bits per heavy atom. The molecule has 0 radical (unpaired) electrons. The fourth-order valence-electron chi connectivity index (χ4n) is 2.39. The monoisotopic (exact) mass is 365 g/mol. The van der Waals surface area contributed by atoms with Crippen molar-refractivity contribution in [1.29, 1.82) is 0 Å². The predicted octanol–water partition coefficient (Wildman–Crippen LogP) is 3.56. The molecule has 2 aromatic rings. The van der Waals surface area contributed by atoms with Crippen LogP contribution in [0.15, 0.2) is 35.1 Å². The van der Waals surface area contributed by atoms with Gasteiger partial charge < -0.3 is 9.73 Å². The van der Waals surface area contributed by atoms with Gasteiger partial charge in [-0.1, -0.05) is 6.42 Å². The van der Waals surface area contributed by atoms with Crippen LogP contribution in [-0.2, 0) is 10.0 Å². The number of sulfonamides is 1. The first-order chi connectivity index (χ1) is 11.9. The number of aryl methyl sites for hydroxylation is 1.